The van der Waals surface area contributed by atoms with Crippen LogP contribution in [0, 0.1) is 5.82 Å². The number of nitrogens with one attached hydrogen (secondary N) is 2. The highest BCUT2D eigenvalue weighted by Crippen LogP contribution is 2.38. The van der Waals surface area contributed by atoms with Gasteiger partial charge >= 0.3 is 0 Å². The molecule has 0 bridgehead atoms. The first-order valence-electron chi connectivity index (χ1n) is 11.4. The van der Waals surface area contributed by atoms with E-state index in [4.69, 9.17) is 11.6 Å². The van der Waals surface area contributed by atoms with E-state index in [0.717, 1.165) is 27.7 Å². The Morgan fingerprint density at radius 1 is 1.17 bits per heavy atom. The second kappa shape index (κ2) is 8.29. The lowest BCUT2D eigenvalue weighted by Crippen LogP contribution is -2.68. The highest BCUT2D eigenvalue weighted by molar-refractivity contribution is 7.93. The van der Waals surface area contributed by atoms with E-state index in [2.05, 4.69) is 20.6 Å². The van der Waals surface area contributed by atoms with E-state index < -0.39 is 14.6 Å². The first-order valence-corrected chi connectivity index (χ1v) is 13.4. The van der Waals surface area contributed by atoms with Gasteiger partial charge < -0.3 is 15.2 Å². The predicted molar refractivity (Wildman–Crippen MR) is 135 cm³/mol. The highest BCUT2D eigenvalue weighted by Gasteiger charge is 2.58. The molecule has 2 fully saturated rings. The third kappa shape index (κ3) is 3.78. The minimum atomic E-state index is -3.15. The van der Waals surface area contributed by atoms with Crippen LogP contribution in [-0.2, 0) is 16.4 Å². The van der Waals surface area contributed by atoms with Crippen LogP contribution in [0.5, 0.6) is 0 Å². The molecule has 10 heteroatoms. The van der Waals surface area contributed by atoms with E-state index in [0.29, 0.717) is 36.9 Å². The maximum Gasteiger partial charge on any atom is 0.160 e. The molecular formula is C25H23ClFN5O2S. The number of pyridine rings is 1. The number of hydrogen-bond acceptors (Lipinski definition) is 6. The van der Waals surface area contributed by atoms with Gasteiger partial charge in [-0.2, -0.15) is 0 Å². The predicted octanol–water partition coefficient (Wildman–Crippen LogP) is 3.88. The Bertz CT molecular complexity index is 1550. The Morgan fingerprint density at radius 2 is 2.03 bits per heavy atom. The van der Waals surface area contributed by atoms with E-state index in [9.17, 15) is 12.8 Å². The van der Waals surface area contributed by atoms with E-state index in [1.165, 1.54) is 12.1 Å². The van der Waals surface area contributed by atoms with Crippen molar-refractivity contribution in [2.75, 3.05) is 24.2 Å². The topological polar surface area (TPSA) is 88.9 Å². The van der Waals surface area contributed by atoms with Crippen molar-refractivity contribution in [1.29, 1.82) is 0 Å². The van der Waals surface area contributed by atoms with Crippen LogP contribution in [0.25, 0.3) is 22.2 Å². The normalized spacial score (nSPS) is 20.2. The molecule has 0 radical (unpaired) electrons. The lowest BCUT2D eigenvalue weighted by Gasteiger charge is -2.42. The van der Waals surface area contributed by atoms with Gasteiger partial charge in [0.1, 0.15) is 16.4 Å². The zero-order valence-corrected chi connectivity index (χ0v) is 20.3. The number of hydrogen-bond donors (Lipinski definition) is 2. The average Bonchev–Trinajstić information content (AvgIpc) is 3.32. The van der Waals surface area contributed by atoms with Crippen molar-refractivity contribution in [3.05, 3.63) is 77.5 Å². The number of rotatable bonds is 5. The van der Waals surface area contributed by atoms with Crippen molar-refractivity contribution >= 4 is 38.3 Å². The van der Waals surface area contributed by atoms with Crippen LogP contribution in [-0.4, -0.2) is 52.6 Å². The average molecular weight is 512 g/mol. The van der Waals surface area contributed by atoms with Crippen molar-refractivity contribution in [3.63, 3.8) is 0 Å². The number of nitrogens with zero attached hydrogens (tertiary/aromatic N) is 3. The van der Waals surface area contributed by atoms with Gasteiger partial charge in [0.2, 0.25) is 0 Å². The number of benzene rings is 2. The number of sulfone groups is 1. The van der Waals surface area contributed by atoms with Crippen molar-refractivity contribution < 1.29 is 12.8 Å². The van der Waals surface area contributed by atoms with E-state index in [1.807, 2.05) is 34.9 Å². The zero-order valence-electron chi connectivity index (χ0n) is 18.7. The van der Waals surface area contributed by atoms with Crippen LogP contribution >= 0.6 is 11.6 Å². The van der Waals surface area contributed by atoms with Crippen LogP contribution in [0.2, 0.25) is 5.02 Å². The summed E-state index contributed by atoms with van der Waals surface area (Å²) in [4.78, 5) is 8.90. The molecule has 6 rings (SSSR count). The Balaban J connectivity index is 1.32. The maximum absolute atomic E-state index is 13.7. The Hall–Kier alpha value is -3.01. The molecule has 2 saturated heterocycles. The molecule has 2 aliphatic heterocycles. The highest BCUT2D eigenvalue weighted by atomic mass is 35.5. The maximum atomic E-state index is 13.7. The number of imidazole rings is 1. The third-order valence-corrected chi connectivity index (χ3v) is 10.0. The molecule has 2 N–H and O–H groups in total. The molecule has 0 aliphatic carbocycles. The fourth-order valence-corrected chi connectivity index (χ4v) is 7.52. The van der Waals surface area contributed by atoms with Gasteiger partial charge in [-0.25, -0.2) is 22.8 Å². The van der Waals surface area contributed by atoms with Crippen molar-refractivity contribution in [3.8, 4) is 11.1 Å². The Kier molecular flexibility index (Phi) is 5.32. The molecule has 2 aliphatic rings. The van der Waals surface area contributed by atoms with Gasteiger partial charge in [-0.3, -0.25) is 0 Å². The minimum Gasteiger partial charge on any atom is -0.366 e. The number of fused-ring (bicyclic) bond motifs is 1. The summed E-state index contributed by atoms with van der Waals surface area (Å²) in [5.41, 5.74) is 4.23. The number of anilines is 1. The second-order valence-electron chi connectivity index (χ2n) is 9.23. The molecule has 4 heterocycles. The van der Waals surface area contributed by atoms with Gasteiger partial charge in [-0.05, 0) is 47.9 Å². The summed E-state index contributed by atoms with van der Waals surface area (Å²) in [6.45, 7) is 1.40. The van der Waals surface area contributed by atoms with Crippen LogP contribution in [0.15, 0.2) is 61.1 Å². The summed E-state index contributed by atoms with van der Waals surface area (Å²) in [7, 11) is -3.15. The Morgan fingerprint density at radius 3 is 2.80 bits per heavy atom. The molecule has 180 valence electrons. The van der Waals surface area contributed by atoms with Gasteiger partial charge in [0, 0.05) is 31.4 Å². The van der Waals surface area contributed by atoms with Gasteiger partial charge in [-0.15, -0.1) is 0 Å². The van der Waals surface area contributed by atoms with Crippen molar-refractivity contribution in [2.45, 2.75) is 23.8 Å². The molecule has 0 amide bonds. The van der Waals surface area contributed by atoms with Crippen molar-refractivity contribution in [2.24, 2.45) is 0 Å². The largest absolute Gasteiger partial charge is 0.366 e. The van der Waals surface area contributed by atoms with Crippen LogP contribution in [0.3, 0.4) is 0 Å². The summed E-state index contributed by atoms with van der Waals surface area (Å²) in [5, 5.41) is 6.97. The van der Waals surface area contributed by atoms with Gasteiger partial charge in [-0.1, -0.05) is 29.8 Å². The van der Waals surface area contributed by atoms with Crippen LogP contribution < -0.4 is 10.6 Å². The van der Waals surface area contributed by atoms with Gasteiger partial charge in [0.05, 0.1) is 34.2 Å². The Labute approximate surface area is 207 Å². The van der Waals surface area contributed by atoms with E-state index >= 15 is 0 Å². The lowest BCUT2D eigenvalue weighted by atomic mass is 9.91. The first-order chi connectivity index (χ1) is 16.8. The molecule has 1 spiro atoms. The molecule has 0 saturated carbocycles. The molecule has 1 unspecified atom stereocenters. The zero-order chi connectivity index (χ0) is 24.2. The van der Waals surface area contributed by atoms with Crippen molar-refractivity contribution in [1.82, 2.24) is 19.9 Å². The molecule has 4 aromatic rings. The molecular weight excluding hydrogens is 489 g/mol. The summed E-state index contributed by atoms with van der Waals surface area (Å²) in [6.07, 6.45) is 3.88. The van der Waals surface area contributed by atoms with Gasteiger partial charge in [0.15, 0.2) is 9.84 Å². The molecule has 1 atom stereocenters. The lowest BCUT2D eigenvalue weighted by molar-refractivity contribution is 0.340. The fraction of sp³-hybridized carbons (Fsp3) is 0.280. The molecule has 35 heavy (non-hydrogen) atoms. The standard InChI is InChI=1S/C25H23ClFN5O2S/c26-20-11-29-24(31-23-6-7-35(33,34)25(23)13-28-14-25)10-19(20)17-4-5-21-22(9-17)32(15-30-21)12-16-2-1-3-18(27)8-16/h1-5,8-11,15,23,28H,6-7,12-14H2,(H,29,31). The van der Waals surface area contributed by atoms with E-state index in [1.54, 1.807) is 18.6 Å². The number of aromatic nitrogens is 3. The van der Waals surface area contributed by atoms with Gasteiger partial charge in [0.25, 0.3) is 0 Å². The first kappa shape index (κ1) is 22.5. The molecule has 2 aromatic carbocycles. The van der Waals surface area contributed by atoms with Crippen LogP contribution in [0.1, 0.15) is 12.0 Å². The molecule has 2 aromatic heterocycles. The minimum absolute atomic E-state index is 0.179. The van der Waals surface area contributed by atoms with E-state index in [-0.39, 0.29) is 17.6 Å². The molecule has 7 nitrogen and oxygen atoms in total. The SMILES string of the molecule is O=S1(=O)CCC(Nc2cc(-c3ccc4ncn(Cc5cccc(F)c5)c4c3)c(Cl)cn2)C12CNC2. The monoisotopic (exact) mass is 511 g/mol. The summed E-state index contributed by atoms with van der Waals surface area (Å²) < 4.78 is 40.1. The third-order valence-electron chi connectivity index (χ3n) is 7.13. The summed E-state index contributed by atoms with van der Waals surface area (Å²) in [6, 6.07) is 14.1. The number of halogens is 2. The quantitative estimate of drug-likeness (QED) is 0.423. The summed E-state index contributed by atoms with van der Waals surface area (Å²) in [5.74, 6) is 0.496. The summed E-state index contributed by atoms with van der Waals surface area (Å²) >= 11 is 6.54. The van der Waals surface area contributed by atoms with Crippen LogP contribution in [0.4, 0.5) is 10.2 Å². The second-order valence-corrected chi connectivity index (χ2v) is 12.1. The smallest absolute Gasteiger partial charge is 0.160 e. The fourth-order valence-electron chi connectivity index (χ4n) is 5.10.